The third kappa shape index (κ3) is 3.21. The molecule has 0 radical (unpaired) electrons. The maximum absolute atomic E-state index is 6.20. The summed E-state index contributed by atoms with van der Waals surface area (Å²) in [5, 5.41) is 4.79. The molecule has 0 saturated carbocycles. The van der Waals surface area contributed by atoms with Gasteiger partial charge in [-0.3, -0.25) is 4.40 Å². The lowest BCUT2D eigenvalue weighted by Crippen LogP contribution is -1.97. The maximum atomic E-state index is 6.20. The first kappa shape index (κ1) is 16.0. The van der Waals surface area contributed by atoms with Crippen LogP contribution in [-0.4, -0.2) is 9.38 Å². The molecule has 2 aromatic carbocycles. The summed E-state index contributed by atoms with van der Waals surface area (Å²) in [6.45, 7) is 2.06. The first-order chi connectivity index (χ1) is 12.1. The molecule has 0 fully saturated rings. The number of aromatic nitrogens is 2. The van der Waals surface area contributed by atoms with Crippen molar-refractivity contribution >= 4 is 40.4 Å². The van der Waals surface area contributed by atoms with Gasteiger partial charge in [0.05, 0.1) is 5.02 Å². The van der Waals surface area contributed by atoms with Gasteiger partial charge < -0.3 is 5.32 Å². The Morgan fingerprint density at radius 3 is 2.48 bits per heavy atom. The van der Waals surface area contributed by atoms with Crippen molar-refractivity contribution in [1.29, 1.82) is 0 Å². The molecule has 0 spiro atoms. The van der Waals surface area contributed by atoms with Gasteiger partial charge >= 0.3 is 0 Å². The quantitative estimate of drug-likeness (QED) is 0.456. The average molecular weight is 368 g/mol. The Hall–Kier alpha value is -2.49. The number of aryl methyl sites for hydroxylation is 1. The van der Waals surface area contributed by atoms with E-state index < -0.39 is 0 Å². The molecule has 0 aliphatic heterocycles. The molecule has 0 unspecified atom stereocenters. The highest BCUT2D eigenvalue weighted by Crippen LogP contribution is 2.33. The van der Waals surface area contributed by atoms with Crippen molar-refractivity contribution < 1.29 is 0 Å². The van der Waals surface area contributed by atoms with Crippen LogP contribution < -0.4 is 5.32 Å². The van der Waals surface area contributed by atoms with Crippen LogP contribution in [0.1, 0.15) is 5.56 Å². The van der Waals surface area contributed by atoms with E-state index in [0.717, 1.165) is 28.4 Å². The minimum Gasteiger partial charge on any atom is -0.339 e. The van der Waals surface area contributed by atoms with E-state index in [4.69, 9.17) is 28.2 Å². The highest BCUT2D eigenvalue weighted by molar-refractivity contribution is 6.31. The number of fused-ring (bicyclic) bond motifs is 1. The zero-order valence-corrected chi connectivity index (χ0v) is 15.0. The van der Waals surface area contributed by atoms with Crippen molar-refractivity contribution in [2.24, 2.45) is 0 Å². The van der Waals surface area contributed by atoms with E-state index in [9.17, 15) is 0 Å². The first-order valence-corrected chi connectivity index (χ1v) is 8.63. The normalized spacial score (nSPS) is 11.0. The molecular weight excluding hydrogens is 353 g/mol. The van der Waals surface area contributed by atoms with E-state index in [1.54, 1.807) is 0 Å². The van der Waals surface area contributed by atoms with E-state index in [1.807, 2.05) is 59.1 Å². The van der Waals surface area contributed by atoms with E-state index in [0.29, 0.717) is 10.0 Å². The largest absolute Gasteiger partial charge is 0.339 e. The number of nitrogens with zero attached hydrogens (tertiary/aromatic N) is 2. The summed E-state index contributed by atoms with van der Waals surface area (Å²) in [6, 6.07) is 19.6. The fourth-order valence-electron chi connectivity index (χ4n) is 2.75. The predicted molar refractivity (Wildman–Crippen MR) is 105 cm³/mol. The van der Waals surface area contributed by atoms with Crippen LogP contribution in [0.2, 0.25) is 10.0 Å². The third-order valence-corrected chi connectivity index (χ3v) is 4.45. The van der Waals surface area contributed by atoms with Gasteiger partial charge in [0.25, 0.3) is 0 Å². The molecule has 0 aliphatic carbocycles. The second kappa shape index (κ2) is 6.43. The molecule has 0 amide bonds. The molecule has 5 heteroatoms. The summed E-state index contributed by atoms with van der Waals surface area (Å²) in [7, 11) is 0. The Balaban J connectivity index is 1.91. The van der Waals surface area contributed by atoms with Gasteiger partial charge in [-0.2, -0.15) is 0 Å². The van der Waals surface area contributed by atoms with Crippen LogP contribution in [0.3, 0.4) is 0 Å². The molecule has 124 valence electrons. The monoisotopic (exact) mass is 367 g/mol. The summed E-state index contributed by atoms with van der Waals surface area (Å²) < 4.78 is 1.96. The second-order valence-electron chi connectivity index (χ2n) is 5.89. The molecule has 0 saturated heterocycles. The highest BCUT2D eigenvalue weighted by Gasteiger charge is 2.15. The molecular formula is C20H15Cl2N3. The van der Waals surface area contributed by atoms with E-state index >= 15 is 0 Å². The van der Waals surface area contributed by atoms with Gasteiger partial charge in [-0.05, 0) is 43.3 Å². The Morgan fingerprint density at radius 2 is 1.72 bits per heavy atom. The van der Waals surface area contributed by atoms with Crippen LogP contribution in [0.25, 0.3) is 16.9 Å². The standard InChI is InChI=1S/C20H15Cl2N3/c1-13-5-8-17(9-6-13)23-20-19(14-3-2-4-15(21)11-14)24-18-10-7-16(22)12-25(18)20/h2-12,23H,1H3. The van der Waals surface area contributed by atoms with Crippen LogP contribution >= 0.6 is 23.2 Å². The molecule has 4 aromatic rings. The zero-order chi connectivity index (χ0) is 17.4. The number of hydrogen-bond acceptors (Lipinski definition) is 2. The predicted octanol–water partition coefficient (Wildman–Crippen LogP) is 6.36. The summed E-state index contributed by atoms with van der Waals surface area (Å²) in [4.78, 5) is 4.76. The molecule has 4 rings (SSSR count). The molecule has 2 heterocycles. The van der Waals surface area contributed by atoms with E-state index in [-0.39, 0.29) is 0 Å². The molecule has 0 aliphatic rings. The molecule has 0 atom stereocenters. The van der Waals surface area contributed by atoms with Crippen LogP contribution in [0, 0.1) is 6.92 Å². The highest BCUT2D eigenvalue weighted by atomic mass is 35.5. The Bertz CT molecular complexity index is 1050. The van der Waals surface area contributed by atoms with Crippen molar-refractivity contribution in [2.75, 3.05) is 5.32 Å². The average Bonchev–Trinajstić information content (AvgIpc) is 2.95. The minimum absolute atomic E-state index is 0.648. The van der Waals surface area contributed by atoms with Crippen LogP contribution in [0.5, 0.6) is 0 Å². The summed E-state index contributed by atoms with van der Waals surface area (Å²) in [6.07, 6.45) is 1.86. The van der Waals surface area contributed by atoms with Gasteiger partial charge in [0.2, 0.25) is 0 Å². The smallest absolute Gasteiger partial charge is 0.143 e. The Kier molecular flexibility index (Phi) is 4.12. The minimum atomic E-state index is 0.648. The summed E-state index contributed by atoms with van der Waals surface area (Å²) in [5.41, 5.74) is 4.78. The van der Waals surface area contributed by atoms with Crippen molar-refractivity contribution in [3.63, 3.8) is 0 Å². The third-order valence-electron chi connectivity index (χ3n) is 3.99. The topological polar surface area (TPSA) is 29.3 Å². The summed E-state index contributed by atoms with van der Waals surface area (Å²) >= 11 is 12.4. The van der Waals surface area contributed by atoms with Crippen molar-refractivity contribution in [2.45, 2.75) is 6.92 Å². The number of benzene rings is 2. The maximum Gasteiger partial charge on any atom is 0.143 e. The first-order valence-electron chi connectivity index (χ1n) is 7.87. The zero-order valence-electron chi connectivity index (χ0n) is 13.5. The number of halogens is 2. The van der Waals surface area contributed by atoms with Gasteiger partial charge in [0.15, 0.2) is 0 Å². The number of hydrogen-bond donors (Lipinski definition) is 1. The van der Waals surface area contributed by atoms with E-state index in [1.165, 1.54) is 5.56 Å². The van der Waals surface area contributed by atoms with Gasteiger partial charge in [0.1, 0.15) is 17.2 Å². The van der Waals surface area contributed by atoms with Crippen molar-refractivity contribution in [3.8, 4) is 11.3 Å². The lowest BCUT2D eigenvalue weighted by Gasteiger charge is -2.10. The van der Waals surface area contributed by atoms with Gasteiger partial charge in [0, 0.05) is 22.5 Å². The van der Waals surface area contributed by atoms with Gasteiger partial charge in [-0.25, -0.2) is 4.98 Å². The lowest BCUT2D eigenvalue weighted by atomic mass is 10.1. The van der Waals surface area contributed by atoms with Gasteiger partial charge in [-0.15, -0.1) is 0 Å². The fourth-order valence-corrected chi connectivity index (χ4v) is 3.10. The molecule has 1 N–H and O–H groups in total. The SMILES string of the molecule is Cc1ccc(Nc2c(-c3cccc(Cl)c3)nc3ccc(Cl)cn23)cc1. The lowest BCUT2D eigenvalue weighted by molar-refractivity contribution is 1.18. The number of anilines is 2. The Labute approximate surface area is 155 Å². The molecule has 2 aromatic heterocycles. The number of rotatable bonds is 3. The summed E-state index contributed by atoms with van der Waals surface area (Å²) in [5.74, 6) is 0.851. The van der Waals surface area contributed by atoms with Crippen molar-refractivity contribution in [1.82, 2.24) is 9.38 Å². The molecule has 0 bridgehead atoms. The molecule has 3 nitrogen and oxygen atoms in total. The van der Waals surface area contributed by atoms with Crippen LogP contribution in [0.4, 0.5) is 11.5 Å². The number of pyridine rings is 1. The molecule has 25 heavy (non-hydrogen) atoms. The van der Waals surface area contributed by atoms with Gasteiger partial charge in [-0.1, -0.05) is 53.0 Å². The fraction of sp³-hybridized carbons (Fsp3) is 0.0500. The second-order valence-corrected chi connectivity index (χ2v) is 6.76. The van der Waals surface area contributed by atoms with Crippen molar-refractivity contribution in [3.05, 3.63) is 82.5 Å². The van der Waals surface area contributed by atoms with E-state index in [2.05, 4.69) is 24.4 Å². The van der Waals surface area contributed by atoms with Crippen LogP contribution in [0.15, 0.2) is 66.9 Å². The van der Waals surface area contributed by atoms with Crippen LogP contribution in [-0.2, 0) is 0 Å². The number of imidazole rings is 1. The number of nitrogens with one attached hydrogen (secondary N) is 1. The Morgan fingerprint density at radius 1 is 0.920 bits per heavy atom.